The summed E-state index contributed by atoms with van der Waals surface area (Å²) < 4.78 is 0. The van der Waals surface area contributed by atoms with Gasteiger partial charge in [-0.15, -0.1) is 11.3 Å². The Morgan fingerprint density at radius 2 is 2.53 bits per heavy atom. The van der Waals surface area contributed by atoms with Crippen LogP contribution in [0.5, 0.6) is 0 Å². The minimum atomic E-state index is -0.157. The zero-order valence-corrected chi connectivity index (χ0v) is 9.12. The summed E-state index contributed by atoms with van der Waals surface area (Å²) in [6, 6.07) is 3.40. The molecule has 1 rings (SSSR count). The number of amidine groups is 1. The fourth-order valence-electron chi connectivity index (χ4n) is 1.11. The third kappa shape index (κ3) is 3.59. The molecular weight excluding hydrogens is 214 g/mol. The largest absolute Gasteiger partial charge is 0.409 e. The van der Waals surface area contributed by atoms with Crippen molar-refractivity contribution >= 4 is 23.1 Å². The molecular formula is C9H13N3O2S. The van der Waals surface area contributed by atoms with Crippen molar-refractivity contribution in [1.29, 1.82) is 0 Å². The third-order valence-corrected chi connectivity index (χ3v) is 2.63. The lowest BCUT2D eigenvalue weighted by atomic mass is 10.2. The molecule has 4 N–H and O–H groups in total. The number of carbonyl (C=O) groups is 1. The minimum Gasteiger partial charge on any atom is -0.409 e. The van der Waals surface area contributed by atoms with Crippen LogP contribution >= 0.6 is 11.3 Å². The van der Waals surface area contributed by atoms with Crippen LogP contribution in [0.25, 0.3) is 0 Å². The maximum atomic E-state index is 11.5. The maximum absolute atomic E-state index is 11.5. The van der Waals surface area contributed by atoms with Gasteiger partial charge in [-0.1, -0.05) is 11.2 Å². The quantitative estimate of drug-likeness (QED) is 0.310. The topological polar surface area (TPSA) is 87.7 Å². The molecule has 1 amide bonds. The first-order valence-electron chi connectivity index (χ1n) is 4.44. The Kier molecular flexibility index (Phi) is 4.11. The number of hydrogen-bond donors (Lipinski definition) is 3. The van der Waals surface area contributed by atoms with E-state index in [1.54, 1.807) is 13.0 Å². The van der Waals surface area contributed by atoms with Gasteiger partial charge >= 0.3 is 0 Å². The smallest absolute Gasteiger partial charge is 0.261 e. The molecule has 0 fully saturated rings. The summed E-state index contributed by atoms with van der Waals surface area (Å²) in [4.78, 5) is 12.2. The first-order valence-corrected chi connectivity index (χ1v) is 5.32. The molecule has 0 saturated heterocycles. The van der Waals surface area contributed by atoms with E-state index >= 15 is 0 Å². The zero-order valence-electron chi connectivity index (χ0n) is 8.30. The SMILES string of the molecule is CC(CC(N)=NO)NC(=O)c1cccs1. The summed E-state index contributed by atoms with van der Waals surface area (Å²) in [5, 5.41) is 15.8. The molecule has 15 heavy (non-hydrogen) atoms. The first kappa shape index (κ1) is 11.5. The Bertz CT molecular complexity index is 348. The molecule has 1 aromatic rings. The van der Waals surface area contributed by atoms with E-state index < -0.39 is 0 Å². The predicted octanol–water partition coefficient (Wildman–Crippen LogP) is 1.00. The van der Waals surface area contributed by atoms with E-state index in [9.17, 15) is 4.79 Å². The number of nitrogens with one attached hydrogen (secondary N) is 1. The molecule has 0 spiro atoms. The van der Waals surface area contributed by atoms with Crippen molar-refractivity contribution in [2.45, 2.75) is 19.4 Å². The predicted molar refractivity (Wildman–Crippen MR) is 59.3 cm³/mol. The van der Waals surface area contributed by atoms with Crippen LogP contribution in [0.1, 0.15) is 23.0 Å². The van der Waals surface area contributed by atoms with Gasteiger partial charge in [0, 0.05) is 12.5 Å². The number of amides is 1. The van der Waals surface area contributed by atoms with E-state index in [4.69, 9.17) is 10.9 Å². The lowest BCUT2D eigenvalue weighted by molar-refractivity contribution is 0.0945. The first-order chi connectivity index (χ1) is 7.13. The molecule has 0 aromatic carbocycles. The molecule has 0 aliphatic carbocycles. The maximum Gasteiger partial charge on any atom is 0.261 e. The number of nitrogens with zero attached hydrogens (tertiary/aromatic N) is 1. The van der Waals surface area contributed by atoms with E-state index in [1.807, 2.05) is 11.4 Å². The molecule has 0 aliphatic heterocycles. The van der Waals surface area contributed by atoms with Crippen LogP contribution in [-0.4, -0.2) is 23.0 Å². The van der Waals surface area contributed by atoms with Crippen molar-refractivity contribution in [1.82, 2.24) is 5.32 Å². The van der Waals surface area contributed by atoms with Crippen LogP contribution in [0.4, 0.5) is 0 Å². The fourth-order valence-corrected chi connectivity index (χ4v) is 1.74. The Morgan fingerprint density at radius 3 is 3.07 bits per heavy atom. The highest BCUT2D eigenvalue weighted by molar-refractivity contribution is 7.12. The van der Waals surface area contributed by atoms with Gasteiger partial charge < -0.3 is 16.3 Å². The lowest BCUT2D eigenvalue weighted by Gasteiger charge is -2.11. The van der Waals surface area contributed by atoms with Gasteiger partial charge in [-0.25, -0.2) is 0 Å². The van der Waals surface area contributed by atoms with Crippen molar-refractivity contribution in [3.8, 4) is 0 Å². The molecule has 82 valence electrons. The molecule has 5 nitrogen and oxygen atoms in total. The van der Waals surface area contributed by atoms with Gasteiger partial charge in [-0.2, -0.15) is 0 Å². The summed E-state index contributed by atoms with van der Waals surface area (Å²) in [6.45, 7) is 1.80. The number of rotatable bonds is 4. The van der Waals surface area contributed by atoms with Gasteiger partial charge in [-0.3, -0.25) is 4.79 Å². The summed E-state index contributed by atoms with van der Waals surface area (Å²) >= 11 is 1.37. The standard InChI is InChI=1S/C9H13N3O2S/c1-6(5-8(10)12-14)11-9(13)7-3-2-4-15-7/h2-4,6,14H,5H2,1H3,(H2,10,12)(H,11,13). The molecule has 0 aliphatic rings. The second-order valence-electron chi connectivity index (χ2n) is 3.15. The van der Waals surface area contributed by atoms with Gasteiger partial charge in [-0.05, 0) is 18.4 Å². The van der Waals surface area contributed by atoms with Crippen molar-refractivity contribution in [2.24, 2.45) is 10.9 Å². The van der Waals surface area contributed by atoms with Gasteiger partial charge in [0.2, 0.25) is 0 Å². The summed E-state index contributed by atoms with van der Waals surface area (Å²) in [6.07, 6.45) is 0.327. The highest BCUT2D eigenvalue weighted by atomic mass is 32.1. The van der Waals surface area contributed by atoms with Crippen LogP contribution in [0.2, 0.25) is 0 Å². The molecule has 0 saturated carbocycles. The Labute approximate surface area is 91.6 Å². The highest BCUT2D eigenvalue weighted by Gasteiger charge is 2.11. The van der Waals surface area contributed by atoms with Crippen LogP contribution < -0.4 is 11.1 Å². The van der Waals surface area contributed by atoms with Crippen molar-refractivity contribution in [3.05, 3.63) is 22.4 Å². The Hall–Kier alpha value is -1.56. The Morgan fingerprint density at radius 1 is 1.80 bits per heavy atom. The highest BCUT2D eigenvalue weighted by Crippen LogP contribution is 2.08. The van der Waals surface area contributed by atoms with Crippen molar-refractivity contribution in [2.75, 3.05) is 0 Å². The van der Waals surface area contributed by atoms with Gasteiger partial charge in [0.25, 0.3) is 5.91 Å². The molecule has 1 heterocycles. The summed E-state index contributed by atoms with van der Waals surface area (Å²) in [7, 11) is 0. The molecule has 6 heteroatoms. The normalized spacial score (nSPS) is 13.5. The molecule has 1 unspecified atom stereocenters. The zero-order chi connectivity index (χ0) is 11.3. The van der Waals surface area contributed by atoms with Crippen LogP contribution in [-0.2, 0) is 0 Å². The van der Waals surface area contributed by atoms with E-state index in [0.717, 1.165) is 0 Å². The lowest BCUT2D eigenvalue weighted by Crippen LogP contribution is -2.35. The van der Waals surface area contributed by atoms with E-state index in [0.29, 0.717) is 11.3 Å². The number of carbonyl (C=O) groups excluding carboxylic acids is 1. The van der Waals surface area contributed by atoms with Gasteiger partial charge in [0.1, 0.15) is 5.84 Å². The summed E-state index contributed by atoms with van der Waals surface area (Å²) in [5.74, 6) is -0.0304. The average molecular weight is 227 g/mol. The Balaban J connectivity index is 2.45. The molecule has 1 aromatic heterocycles. The molecule has 0 radical (unpaired) electrons. The number of thiophene rings is 1. The summed E-state index contributed by atoms with van der Waals surface area (Å²) in [5.41, 5.74) is 5.32. The number of hydrogen-bond acceptors (Lipinski definition) is 4. The molecule has 1 atom stereocenters. The van der Waals surface area contributed by atoms with Crippen LogP contribution in [0, 0.1) is 0 Å². The number of nitrogens with two attached hydrogens (primary N) is 1. The van der Waals surface area contributed by atoms with E-state index in [2.05, 4.69) is 10.5 Å². The van der Waals surface area contributed by atoms with Crippen LogP contribution in [0.15, 0.2) is 22.7 Å². The number of oxime groups is 1. The van der Waals surface area contributed by atoms with E-state index in [1.165, 1.54) is 11.3 Å². The van der Waals surface area contributed by atoms with Crippen LogP contribution in [0.3, 0.4) is 0 Å². The molecule has 0 bridgehead atoms. The second-order valence-corrected chi connectivity index (χ2v) is 4.09. The van der Waals surface area contributed by atoms with Crippen molar-refractivity contribution in [3.63, 3.8) is 0 Å². The van der Waals surface area contributed by atoms with Gasteiger partial charge in [0.15, 0.2) is 0 Å². The van der Waals surface area contributed by atoms with E-state index in [-0.39, 0.29) is 17.8 Å². The second kappa shape index (κ2) is 5.35. The minimum absolute atomic E-state index is 0.106. The fraction of sp³-hybridized carbons (Fsp3) is 0.333. The third-order valence-electron chi connectivity index (χ3n) is 1.77. The average Bonchev–Trinajstić information content (AvgIpc) is 2.70. The van der Waals surface area contributed by atoms with Crippen molar-refractivity contribution < 1.29 is 10.0 Å². The monoisotopic (exact) mass is 227 g/mol. The van der Waals surface area contributed by atoms with Gasteiger partial charge in [0.05, 0.1) is 4.88 Å².